The van der Waals surface area contributed by atoms with E-state index in [1.54, 1.807) is 12.1 Å². The predicted octanol–water partition coefficient (Wildman–Crippen LogP) is 1.36. The van der Waals surface area contributed by atoms with Gasteiger partial charge in [-0.1, -0.05) is 12.1 Å². The molecule has 2 rings (SSSR count). The Labute approximate surface area is 94.0 Å². The van der Waals surface area contributed by atoms with Crippen LogP contribution in [-0.4, -0.2) is 11.8 Å². The van der Waals surface area contributed by atoms with Crippen molar-refractivity contribution in [2.24, 2.45) is 5.73 Å². The van der Waals surface area contributed by atoms with Crippen molar-refractivity contribution in [1.29, 1.82) is 0 Å². The number of hydrogen-bond donors (Lipinski definition) is 1. The second-order valence-electron chi connectivity index (χ2n) is 4.01. The Morgan fingerprint density at radius 2 is 1.88 bits per heavy atom. The Balaban J connectivity index is 2.36. The van der Waals surface area contributed by atoms with Gasteiger partial charge in [0.15, 0.2) is 0 Å². The fourth-order valence-corrected chi connectivity index (χ4v) is 1.81. The Bertz CT molecular complexity index is 424. The third kappa shape index (κ3) is 1.84. The molecule has 1 aromatic rings. The minimum atomic E-state index is -0.133. The zero-order valence-electron chi connectivity index (χ0n) is 9.14. The minimum Gasteiger partial charge on any atom is -0.324 e. The monoisotopic (exact) mass is 218 g/mol. The maximum absolute atomic E-state index is 11.5. The van der Waals surface area contributed by atoms with Gasteiger partial charge in [0.05, 0.1) is 5.69 Å². The summed E-state index contributed by atoms with van der Waals surface area (Å²) in [5.41, 5.74) is 7.31. The van der Waals surface area contributed by atoms with Crippen LogP contribution in [-0.2, 0) is 9.59 Å². The van der Waals surface area contributed by atoms with E-state index in [1.165, 1.54) is 4.90 Å². The molecule has 1 aromatic carbocycles. The van der Waals surface area contributed by atoms with Gasteiger partial charge in [0.1, 0.15) is 0 Å². The first-order chi connectivity index (χ1) is 7.59. The van der Waals surface area contributed by atoms with Crippen molar-refractivity contribution < 1.29 is 9.59 Å². The third-order valence-corrected chi connectivity index (χ3v) is 2.71. The van der Waals surface area contributed by atoms with Gasteiger partial charge in [0, 0.05) is 18.9 Å². The van der Waals surface area contributed by atoms with Gasteiger partial charge in [-0.05, 0) is 24.6 Å². The molecule has 1 heterocycles. The topological polar surface area (TPSA) is 63.4 Å². The predicted molar refractivity (Wildman–Crippen MR) is 60.8 cm³/mol. The standard InChI is InChI=1S/C12H14N2O2/c1-8(13)9-3-2-4-10(7-9)14-11(15)5-6-12(14)16/h2-4,7-8H,5-6,13H2,1H3. The number of nitrogens with zero attached hydrogens (tertiary/aromatic N) is 1. The summed E-state index contributed by atoms with van der Waals surface area (Å²) in [5, 5.41) is 0. The lowest BCUT2D eigenvalue weighted by Gasteiger charge is -2.15. The highest BCUT2D eigenvalue weighted by Gasteiger charge is 2.30. The number of carbonyl (C=O) groups excluding carboxylic acids is 2. The van der Waals surface area contributed by atoms with Gasteiger partial charge >= 0.3 is 0 Å². The Morgan fingerprint density at radius 1 is 1.25 bits per heavy atom. The number of anilines is 1. The Morgan fingerprint density at radius 3 is 2.44 bits per heavy atom. The quantitative estimate of drug-likeness (QED) is 0.762. The third-order valence-electron chi connectivity index (χ3n) is 2.71. The van der Waals surface area contributed by atoms with Gasteiger partial charge < -0.3 is 5.73 Å². The fraction of sp³-hybridized carbons (Fsp3) is 0.333. The highest BCUT2D eigenvalue weighted by atomic mass is 16.2. The van der Waals surface area contributed by atoms with E-state index in [2.05, 4.69) is 0 Å². The van der Waals surface area contributed by atoms with Gasteiger partial charge in [-0.15, -0.1) is 0 Å². The smallest absolute Gasteiger partial charge is 0.234 e. The minimum absolute atomic E-state index is 0.104. The molecule has 0 radical (unpaired) electrons. The Hall–Kier alpha value is -1.68. The van der Waals surface area contributed by atoms with Crippen molar-refractivity contribution in [3.05, 3.63) is 29.8 Å². The molecule has 0 spiro atoms. The van der Waals surface area contributed by atoms with Crippen LogP contribution >= 0.6 is 0 Å². The first kappa shape index (κ1) is 10.8. The molecule has 0 bridgehead atoms. The second kappa shape index (κ2) is 4.06. The number of rotatable bonds is 2. The maximum atomic E-state index is 11.5. The van der Waals surface area contributed by atoms with E-state index in [9.17, 15) is 9.59 Å². The first-order valence-corrected chi connectivity index (χ1v) is 5.31. The van der Waals surface area contributed by atoms with Crippen LogP contribution in [0, 0.1) is 0 Å². The Kier molecular flexibility index (Phi) is 2.75. The lowest BCUT2D eigenvalue weighted by atomic mass is 10.1. The molecule has 2 amide bonds. The molecule has 1 unspecified atom stereocenters. The molecule has 4 nitrogen and oxygen atoms in total. The van der Waals surface area contributed by atoms with Gasteiger partial charge in [0.25, 0.3) is 0 Å². The molecule has 0 saturated carbocycles. The van der Waals surface area contributed by atoms with E-state index >= 15 is 0 Å². The van der Waals surface area contributed by atoms with Crippen LogP contribution in [0.1, 0.15) is 31.4 Å². The lowest BCUT2D eigenvalue weighted by Crippen LogP contribution is -2.28. The summed E-state index contributed by atoms with van der Waals surface area (Å²) in [4.78, 5) is 24.3. The van der Waals surface area contributed by atoms with Crippen LogP contribution in [0.4, 0.5) is 5.69 Å². The van der Waals surface area contributed by atoms with E-state index in [0.717, 1.165) is 5.56 Å². The largest absolute Gasteiger partial charge is 0.324 e. The first-order valence-electron chi connectivity index (χ1n) is 5.31. The van der Waals surface area contributed by atoms with E-state index in [1.807, 2.05) is 19.1 Å². The molecule has 1 aliphatic rings. The van der Waals surface area contributed by atoms with Crippen molar-refractivity contribution in [3.8, 4) is 0 Å². The van der Waals surface area contributed by atoms with Crippen LogP contribution < -0.4 is 10.6 Å². The van der Waals surface area contributed by atoms with Crippen LogP contribution in [0.2, 0.25) is 0 Å². The fourth-order valence-electron chi connectivity index (χ4n) is 1.81. The SMILES string of the molecule is CC(N)c1cccc(N2C(=O)CCC2=O)c1. The van der Waals surface area contributed by atoms with Crippen LogP contribution in [0.15, 0.2) is 24.3 Å². The highest BCUT2D eigenvalue weighted by Crippen LogP contribution is 2.24. The van der Waals surface area contributed by atoms with E-state index < -0.39 is 0 Å². The number of imide groups is 1. The van der Waals surface area contributed by atoms with E-state index in [4.69, 9.17) is 5.73 Å². The molecule has 16 heavy (non-hydrogen) atoms. The molecule has 2 N–H and O–H groups in total. The number of benzene rings is 1. The summed E-state index contributed by atoms with van der Waals surface area (Å²) in [6, 6.07) is 7.15. The van der Waals surface area contributed by atoms with E-state index in [-0.39, 0.29) is 17.9 Å². The van der Waals surface area contributed by atoms with Crippen molar-refractivity contribution in [2.75, 3.05) is 4.90 Å². The number of carbonyl (C=O) groups is 2. The second-order valence-corrected chi connectivity index (χ2v) is 4.01. The molecular formula is C12H14N2O2. The van der Waals surface area contributed by atoms with Gasteiger partial charge in [0.2, 0.25) is 11.8 Å². The normalized spacial score (nSPS) is 18.0. The van der Waals surface area contributed by atoms with Gasteiger partial charge in [-0.25, -0.2) is 0 Å². The van der Waals surface area contributed by atoms with Crippen molar-refractivity contribution in [1.82, 2.24) is 0 Å². The number of amides is 2. The molecular weight excluding hydrogens is 204 g/mol. The average molecular weight is 218 g/mol. The molecule has 4 heteroatoms. The van der Waals surface area contributed by atoms with Gasteiger partial charge in [-0.3, -0.25) is 14.5 Å². The van der Waals surface area contributed by atoms with Crippen molar-refractivity contribution >= 4 is 17.5 Å². The summed E-state index contributed by atoms with van der Waals surface area (Å²) in [6.07, 6.45) is 0.614. The van der Waals surface area contributed by atoms with Crippen molar-refractivity contribution in [2.45, 2.75) is 25.8 Å². The van der Waals surface area contributed by atoms with E-state index in [0.29, 0.717) is 18.5 Å². The molecule has 0 aliphatic carbocycles. The zero-order chi connectivity index (χ0) is 11.7. The summed E-state index contributed by atoms with van der Waals surface area (Å²) in [6.45, 7) is 1.87. The number of hydrogen-bond acceptors (Lipinski definition) is 3. The summed E-state index contributed by atoms with van der Waals surface area (Å²) in [7, 11) is 0. The molecule has 0 aromatic heterocycles. The molecule has 1 aliphatic heterocycles. The van der Waals surface area contributed by atoms with Crippen LogP contribution in [0.25, 0.3) is 0 Å². The number of nitrogens with two attached hydrogens (primary N) is 1. The summed E-state index contributed by atoms with van der Waals surface area (Å²) in [5.74, 6) is -0.265. The summed E-state index contributed by atoms with van der Waals surface area (Å²) >= 11 is 0. The van der Waals surface area contributed by atoms with Crippen LogP contribution in [0.5, 0.6) is 0 Å². The van der Waals surface area contributed by atoms with Crippen molar-refractivity contribution in [3.63, 3.8) is 0 Å². The summed E-state index contributed by atoms with van der Waals surface area (Å²) < 4.78 is 0. The highest BCUT2D eigenvalue weighted by molar-refractivity contribution is 6.19. The lowest BCUT2D eigenvalue weighted by molar-refractivity contribution is -0.121. The molecule has 84 valence electrons. The molecule has 1 saturated heterocycles. The van der Waals surface area contributed by atoms with Crippen LogP contribution in [0.3, 0.4) is 0 Å². The maximum Gasteiger partial charge on any atom is 0.234 e. The molecule has 1 fully saturated rings. The zero-order valence-corrected chi connectivity index (χ0v) is 9.14. The average Bonchev–Trinajstić information content (AvgIpc) is 2.59. The molecule has 1 atom stereocenters. The van der Waals surface area contributed by atoms with Gasteiger partial charge in [-0.2, -0.15) is 0 Å².